The molecule has 0 spiro atoms. The first-order chi connectivity index (χ1) is 19.2. The van der Waals surface area contributed by atoms with Crippen LogP contribution in [0.3, 0.4) is 0 Å². The first kappa shape index (κ1) is 33.3. The third-order valence-corrected chi connectivity index (χ3v) is 8.89. The molecular formula is C28H28Cl5N3O4S. The molecule has 0 saturated carbocycles. The molecule has 1 N–H and O–H groups in total. The summed E-state index contributed by atoms with van der Waals surface area (Å²) in [5.74, 6) is -1.13. The van der Waals surface area contributed by atoms with Crippen molar-refractivity contribution in [2.24, 2.45) is 0 Å². The molecule has 3 aromatic carbocycles. The minimum absolute atomic E-state index is 0.0308. The van der Waals surface area contributed by atoms with E-state index in [2.05, 4.69) is 5.32 Å². The van der Waals surface area contributed by atoms with Gasteiger partial charge in [0.1, 0.15) is 12.6 Å². The number of hydrogen-bond donors (Lipinski definition) is 1. The molecule has 0 aliphatic carbocycles. The summed E-state index contributed by atoms with van der Waals surface area (Å²) in [5.41, 5.74) is 1.14. The van der Waals surface area contributed by atoms with E-state index < -0.39 is 34.4 Å². The molecule has 7 nitrogen and oxygen atoms in total. The second-order valence-electron chi connectivity index (χ2n) is 9.58. The second kappa shape index (κ2) is 14.3. The van der Waals surface area contributed by atoms with Gasteiger partial charge < -0.3 is 10.2 Å². The highest BCUT2D eigenvalue weighted by molar-refractivity contribution is 7.92. The standard InChI is InChI=1S/C28H28Cl5N3O4S/c1-17(2)34-28(38)26(12-18-8-5-4-6-9-18)35(15-19-20(29)10-7-11-21(19)30)27(37)16-36(41(3,39)40)25-14-23(32)22(31)13-24(25)33/h4-11,13-14,17,26H,12,15-16H2,1-3H3,(H,34,38)/t26-/m0/s1. The zero-order valence-electron chi connectivity index (χ0n) is 22.4. The number of nitrogens with zero attached hydrogens (tertiary/aromatic N) is 2. The summed E-state index contributed by atoms with van der Waals surface area (Å²) in [4.78, 5) is 29.0. The van der Waals surface area contributed by atoms with Gasteiger partial charge in [-0.25, -0.2) is 8.42 Å². The Morgan fingerprint density at radius 3 is 1.98 bits per heavy atom. The molecule has 2 amide bonds. The average Bonchev–Trinajstić information content (AvgIpc) is 2.88. The van der Waals surface area contributed by atoms with Crippen molar-refractivity contribution in [1.29, 1.82) is 0 Å². The van der Waals surface area contributed by atoms with Gasteiger partial charge in [-0.1, -0.05) is 94.4 Å². The summed E-state index contributed by atoms with van der Waals surface area (Å²) in [7, 11) is -4.06. The van der Waals surface area contributed by atoms with Crippen molar-refractivity contribution < 1.29 is 18.0 Å². The van der Waals surface area contributed by atoms with Crippen molar-refractivity contribution in [3.63, 3.8) is 0 Å². The summed E-state index contributed by atoms with van der Waals surface area (Å²) >= 11 is 31.5. The van der Waals surface area contributed by atoms with Crippen molar-refractivity contribution >= 4 is 85.5 Å². The Balaban J connectivity index is 2.14. The third kappa shape index (κ3) is 8.89. The molecule has 3 rings (SSSR count). The van der Waals surface area contributed by atoms with Crippen LogP contribution in [0.25, 0.3) is 0 Å². The maximum absolute atomic E-state index is 14.1. The van der Waals surface area contributed by atoms with Crippen molar-refractivity contribution in [2.75, 3.05) is 17.1 Å². The fourth-order valence-electron chi connectivity index (χ4n) is 4.09. The molecule has 220 valence electrons. The maximum Gasteiger partial charge on any atom is 0.244 e. The quantitative estimate of drug-likeness (QED) is 0.224. The SMILES string of the molecule is CC(C)NC(=O)[C@H](Cc1ccccc1)N(Cc1c(Cl)cccc1Cl)C(=O)CN(c1cc(Cl)c(Cl)cc1Cl)S(C)(=O)=O. The second-order valence-corrected chi connectivity index (χ2v) is 13.5. The zero-order chi connectivity index (χ0) is 30.5. The Morgan fingerprint density at radius 2 is 1.41 bits per heavy atom. The van der Waals surface area contributed by atoms with Gasteiger partial charge in [0.15, 0.2) is 0 Å². The van der Waals surface area contributed by atoms with Gasteiger partial charge in [0, 0.05) is 34.6 Å². The minimum atomic E-state index is -4.06. The van der Waals surface area contributed by atoms with Gasteiger partial charge in [-0.15, -0.1) is 0 Å². The number of carbonyl (C=O) groups is 2. The Kier molecular flexibility index (Phi) is 11.6. The Morgan fingerprint density at radius 1 is 0.829 bits per heavy atom. The van der Waals surface area contributed by atoms with Gasteiger partial charge in [-0.2, -0.15) is 0 Å². The maximum atomic E-state index is 14.1. The first-order valence-corrected chi connectivity index (χ1v) is 16.1. The number of hydrogen-bond acceptors (Lipinski definition) is 4. The zero-order valence-corrected chi connectivity index (χ0v) is 27.0. The van der Waals surface area contributed by atoms with Gasteiger partial charge in [0.25, 0.3) is 0 Å². The Bertz CT molecular complexity index is 1500. The van der Waals surface area contributed by atoms with Crippen molar-refractivity contribution in [1.82, 2.24) is 10.2 Å². The Labute approximate surface area is 265 Å². The number of halogens is 5. The van der Waals surface area contributed by atoms with E-state index >= 15 is 0 Å². The molecule has 0 fully saturated rings. The van der Waals surface area contributed by atoms with Crippen LogP contribution in [0.1, 0.15) is 25.0 Å². The predicted molar refractivity (Wildman–Crippen MR) is 168 cm³/mol. The van der Waals surface area contributed by atoms with E-state index in [1.54, 1.807) is 32.0 Å². The van der Waals surface area contributed by atoms with E-state index in [-0.39, 0.29) is 49.8 Å². The fourth-order valence-corrected chi connectivity index (χ4v) is 6.15. The monoisotopic (exact) mass is 677 g/mol. The number of sulfonamides is 1. The summed E-state index contributed by atoms with van der Waals surface area (Å²) in [6.07, 6.45) is 1.07. The van der Waals surface area contributed by atoms with E-state index in [1.165, 1.54) is 17.0 Å². The van der Waals surface area contributed by atoms with Crippen LogP contribution in [0.4, 0.5) is 5.69 Å². The van der Waals surface area contributed by atoms with Crippen LogP contribution in [0.2, 0.25) is 25.1 Å². The molecule has 0 saturated heterocycles. The number of benzene rings is 3. The molecule has 0 aromatic heterocycles. The molecule has 41 heavy (non-hydrogen) atoms. The van der Waals surface area contributed by atoms with Crippen molar-refractivity contribution in [2.45, 2.75) is 38.9 Å². The van der Waals surface area contributed by atoms with Crippen LogP contribution >= 0.6 is 58.0 Å². The molecule has 1 atom stereocenters. The summed E-state index contributed by atoms with van der Waals surface area (Å²) in [6.45, 7) is 2.73. The van der Waals surface area contributed by atoms with Crippen LogP contribution < -0.4 is 9.62 Å². The van der Waals surface area contributed by atoms with Crippen LogP contribution in [-0.4, -0.2) is 50.0 Å². The molecule has 0 heterocycles. The van der Waals surface area contributed by atoms with Crippen LogP contribution in [0.15, 0.2) is 60.7 Å². The minimum Gasteiger partial charge on any atom is -0.352 e. The van der Waals surface area contributed by atoms with Crippen LogP contribution in [0, 0.1) is 0 Å². The van der Waals surface area contributed by atoms with Crippen LogP contribution in [0.5, 0.6) is 0 Å². The highest BCUT2D eigenvalue weighted by Gasteiger charge is 2.34. The van der Waals surface area contributed by atoms with Gasteiger partial charge >= 0.3 is 0 Å². The number of nitrogens with one attached hydrogen (secondary N) is 1. The summed E-state index contributed by atoms with van der Waals surface area (Å²) in [5, 5.41) is 3.56. The highest BCUT2D eigenvalue weighted by Crippen LogP contribution is 2.36. The fraction of sp³-hybridized carbons (Fsp3) is 0.286. The number of amides is 2. The third-order valence-electron chi connectivity index (χ3n) is 6.03. The molecule has 0 unspecified atom stereocenters. The highest BCUT2D eigenvalue weighted by atomic mass is 35.5. The Hall–Kier alpha value is -2.20. The first-order valence-electron chi connectivity index (χ1n) is 12.4. The molecule has 0 bridgehead atoms. The summed E-state index contributed by atoms with van der Waals surface area (Å²) < 4.78 is 26.7. The molecule has 0 aliphatic rings. The van der Waals surface area contributed by atoms with Gasteiger partial charge in [-0.3, -0.25) is 13.9 Å². The van der Waals surface area contributed by atoms with Gasteiger partial charge in [0.05, 0.1) is 27.0 Å². The lowest BCUT2D eigenvalue weighted by Crippen LogP contribution is -2.54. The lowest BCUT2D eigenvalue weighted by Gasteiger charge is -2.34. The summed E-state index contributed by atoms with van der Waals surface area (Å²) in [6, 6.07) is 15.3. The van der Waals surface area contributed by atoms with Gasteiger partial charge in [-0.05, 0) is 43.7 Å². The predicted octanol–water partition coefficient (Wildman–Crippen LogP) is 6.88. The van der Waals surface area contributed by atoms with E-state index in [9.17, 15) is 18.0 Å². The molecule has 0 aliphatic heterocycles. The molecule has 3 aromatic rings. The molecule has 13 heteroatoms. The smallest absolute Gasteiger partial charge is 0.244 e. The van der Waals surface area contributed by atoms with Crippen molar-refractivity contribution in [3.05, 3.63) is 96.9 Å². The largest absolute Gasteiger partial charge is 0.352 e. The lowest BCUT2D eigenvalue weighted by atomic mass is 10.0. The van der Waals surface area contributed by atoms with Crippen LogP contribution in [-0.2, 0) is 32.6 Å². The lowest BCUT2D eigenvalue weighted by molar-refractivity contribution is -0.140. The molecular weight excluding hydrogens is 652 g/mol. The van der Waals surface area contributed by atoms with E-state index in [0.717, 1.165) is 16.1 Å². The van der Waals surface area contributed by atoms with Gasteiger partial charge in [0.2, 0.25) is 21.8 Å². The van der Waals surface area contributed by atoms with E-state index in [1.807, 2.05) is 30.3 Å². The normalized spacial score (nSPS) is 12.2. The number of anilines is 1. The molecule has 0 radical (unpaired) electrons. The number of carbonyl (C=O) groups excluding carboxylic acids is 2. The van der Waals surface area contributed by atoms with E-state index in [4.69, 9.17) is 58.0 Å². The number of rotatable bonds is 11. The van der Waals surface area contributed by atoms with Crippen molar-refractivity contribution in [3.8, 4) is 0 Å². The van der Waals surface area contributed by atoms with E-state index in [0.29, 0.717) is 5.56 Å². The average molecular weight is 680 g/mol. The topological polar surface area (TPSA) is 86.8 Å².